The molecule has 0 saturated carbocycles. The second kappa shape index (κ2) is 5.79. The summed E-state index contributed by atoms with van der Waals surface area (Å²) in [5.41, 5.74) is 6.62. The van der Waals surface area contributed by atoms with E-state index in [-0.39, 0.29) is 10.9 Å². The van der Waals surface area contributed by atoms with Crippen LogP contribution in [0.5, 0.6) is 0 Å². The van der Waals surface area contributed by atoms with Gasteiger partial charge >= 0.3 is 0 Å². The number of nitrogen functional groups attached to an aromatic ring is 1. The topological polar surface area (TPSA) is 89.4 Å². The molecule has 0 radical (unpaired) electrons. The van der Waals surface area contributed by atoms with Gasteiger partial charge in [0.2, 0.25) is 10.0 Å². The Morgan fingerprint density at radius 3 is 2.32 bits per heavy atom. The molecule has 1 aromatic carbocycles. The predicted molar refractivity (Wildman–Crippen MR) is 79.5 cm³/mol. The van der Waals surface area contributed by atoms with Crippen LogP contribution in [0.25, 0.3) is 0 Å². The van der Waals surface area contributed by atoms with E-state index in [2.05, 4.69) is 20.8 Å². The van der Waals surface area contributed by atoms with Crippen molar-refractivity contribution in [2.45, 2.75) is 38.1 Å². The van der Waals surface area contributed by atoms with Gasteiger partial charge in [-0.25, -0.2) is 13.6 Å². The molecule has 1 aromatic rings. The monoisotopic (exact) mass is 285 g/mol. The van der Waals surface area contributed by atoms with Gasteiger partial charge in [-0.15, -0.1) is 0 Å². The molecule has 0 spiro atoms. The molecule has 6 heteroatoms. The maximum Gasteiger partial charge on any atom is 0.240 e. The number of nitrogens with zero attached hydrogens (tertiary/aromatic N) is 1. The molecule has 0 aromatic heterocycles. The van der Waals surface area contributed by atoms with Crippen molar-refractivity contribution in [1.82, 2.24) is 0 Å². The van der Waals surface area contributed by atoms with Crippen molar-refractivity contribution in [1.29, 1.82) is 0 Å². The first-order valence-electron chi connectivity index (χ1n) is 6.28. The maximum atomic E-state index is 11.7. The van der Waals surface area contributed by atoms with Gasteiger partial charge in [0, 0.05) is 18.8 Å². The zero-order valence-corrected chi connectivity index (χ0v) is 12.7. The maximum absolute atomic E-state index is 11.7. The molecule has 0 aliphatic heterocycles. The third-order valence-electron chi connectivity index (χ3n) is 3.14. The summed E-state index contributed by atoms with van der Waals surface area (Å²) < 4.78 is 23.3. The molecule has 0 amide bonds. The van der Waals surface area contributed by atoms with Gasteiger partial charge in [0.1, 0.15) is 4.90 Å². The van der Waals surface area contributed by atoms with E-state index in [0.717, 1.165) is 6.42 Å². The summed E-state index contributed by atoms with van der Waals surface area (Å²) in [5, 5.41) is 5.26. The standard InChI is InChI=1S/C13H23N3O2S/c1-9(2)7-10(3)16(4)12-6-5-11(14)8-13(12)19(15,17)18/h5-6,8-10H,7,14H2,1-4H3,(H2,15,17,18). The Kier molecular flexibility index (Phi) is 4.81. The normalized spacial score (nSPS) is 13.6. The van der Waals surface area contributed by atoms with Crippen molar-refractivity contribution in [2.24, 2.45) is 11.1 Å². The van der Waals surface area contributed by atoms with Gasteiger partial charge in [-0.3, -0.25) is 0 Å². The highest BCUT2D eigenvalue weighted by atomic mass is 32.2. The molecule has 1 atom stereocenters. The van der Waals surface area contributed by atoms with E-state index in [1.165, 1.54) is 6.07 Å². The van der Waals surface area contributed by atoms with Crippen LogP contribution in [0.4, 0.5) is 11.4 Å². The van der Waals surface area contributed by atoms with E-state index >= 15 is 0 Å². The van der Waals surface area contributed by atoms with Crippen molar-refractivity contribution in [3.05, 3.63) is 18.2 Å². The number of hydrogen-bond acceptors (Lipinski definition) is 4. The number of rotatable bonds is 5. The van der Waals surface area contributed by atoms with Crippen molar-refractivity contribution in [3.8, 4) is 0 Å². The van der Waals surface area contributed by atoms with E-state index in [0.29, 0.717) is 17.3 Å². The molecule has 108 valence electrons. The summed E-state index contributed by atoms with van der Waals surface area (Å²) in [6.07, 6.45) is 0.963. The highest BCUT2D eigenvalue weighted by molar-refractivity contribution is 7.89. The average Bonchev–Trinajstić information content (AvgIpc) is 2.25. The average molecular weight is 285 g/mol. The van der Waals surface area contributed by atoms with E-state index in [9.17, 15) is 8.42 Å². The third-order valence-corrected chi connectivity index (χ3v) is 4.08. The predicted octanol–water partition coefficient (Wildman–Crippen LogP) is 1.79. The Morgan fingerprint density at radius 2 is 1.84 bits per heavy atom. The number of sulfonamides is 1. The zero-order chi connectivity index (χ0) is 14.8. The highest BCUT2D eigenvalue weighted by Crippen LogP contribution is 2.28. The lowest BCUT2D eigenvalue weighted by molar-refractivity contribution is 0.502. The molecule has 0 saturated heterocycles. The lowest BCUT2D eigenvalue weighted by Crippen LogP contribution is -2.32. The van der Waals surface area contributed by atoms with Gasteiger partial charge in [0.25, 0.3) is 0 Å². The smallest absolute Gasteiger partial charge is 0.240 e. The Balaban J connectivity index is 3.20. The molecule has 0 heterocycles. The minimum atomic E-state index is -3.78. The summed E-state index contributed by atoms with van der Waals surface area (Å²) in [7, 11) is -1.92. The van der Waals surface area contributed by atoms with E-state index in [1.54, 1.807) is 12.1 Å². The van der Waals surface area contributed by atoms with Crippen LogP contribution < -0.4 is 15.8 Å². The van der Waals surface area contributed by atoms with Gasteiger partial charge in [-0.05, 0) is 37.5 Å². The van der Waals surface area contributed by atoms with E-state index in [4.69, 9.17) is 10.9 Å². The fourth-order valence-electron chi connectivity index (χ4n) is 2.13. The molecule has 0 aliphatic carbocycles. The summed E-state index contributed by atoms with van der Waals surface area (Å²) in [5.74, 6) is 0.532. The lowest BCUT2D eigenvalue weighted by atomic mass is 10.0. The van der Waals surface area contributed by atoms with Gasteiger partial charge in [-0.1, -0.05) is 13.8 Å². The summed E-state index contributed by atoms with van der Waals surface area (Å²) in [4.78, 5) is 2.00. The summed E-state index contributed by atoms with van der Waals surface area (Å²) >= 11 is 0. The van der Waals surface area contributed by atoms with Gasteiger partial charge in [0.05, 0.1) is 5.69 Å². The fraction of sp³-hybridized carbons (Fsp3) is 0.538. The Hall–Kier alpha value is -1.27. The first-order valence-corrected chi connectivity index (χ1v) is 7.82. The molecule has 5 nitrogen and oxygen atoms in total. The summed E-state index contributed by atoms with van der Waals surface area (Å²) in [6.45, 7) is 6.32. The summed E-state index contributed by atoms with van der Waals surface area (Å²) in [6, 6.07) is 5.00. The Bertz CT molecular complexity index is 541. The third kappa shape index (κ3) is 4.11. The molecule has 0 fully saturated rings. The zero-order valence-electron chi connectivity index (χ0n) is 11.9. The van der Waals surface area contributed by atoms with Gasteiger partial charge in [-0.2, -0.15) is 0 Å². The van der Waals surface area contributed by atoms with Crippen LogP contribution in [-0.4, -0.2) is 21.5 Å². The lowest BCUT2D eigenvalue weighted by Gasteiger charge is -2.29. The number of anilines is 2. The Labute approximate surface area is 115 Å². The van der Waals surface area contributed by atoms with Crippen LogP contribution in [0.1, 0.15) is 27.2 Å². The largest absolute Gasteiger partial charge is 0.399 e. The second-order valence-electron chi connectivity index (χ2n) is 5.36. The molecule has 19 heavy (non-hydrogen) atoms. The van der Waals surface area contributed by atoms with Crippen molar-refractivity contribution < 1.29 is 8.42 Å². The molecular weight excluding hydrogens is 262 g/mol. The van der Waals surface area contributed by atoms with Gasteiger partial charge < -0.3 is 10.6 Å². The molecule has 0 aliphatic rings. The van der Waals surface area contributed by atoms with Crippen molar-refractivity contribution >= 4 is 21.4 Å². The Morgan fingerprint density at radius 1 is 1.26 bits per heavy atom. The number of benzene rings is 1. The van der Waals surface area contributed by atoms with E-state index < -0.39 is 10.0 Å². The molecule has 0 bridgehead atoms. The van der Waals surface area contributed by atoms with E-state index in [1.807, 2.05) is 11.9 Å². The van der Waals surface area contributed by atoms with Crippen LogP contribution in [-0.2, 0) is 10.0 Å². The van der Waals surface area contributed by atoms with Gasteiger partial charge in [0.15, 0.2) is 0 Å². The highest BCUT2D eigenvalue weighted by Gasteiger charge is 2.20. The minimum Gasteiger partial charge on any atom is -0.399 e. The molecule has 1 rings (SSSR count). The molecule has 4 N–H and O–H groups in total. The van der Waals surface area contributed by atoms with Crippen LogP contribution in [0.15, 0.2) is 23.1 Å². The first kappa shape index (κ1) is 15.8. The van der Waals surface area contributed by atoms with Crippen LogP contribution >= 0.6 is 0 Å². The van der Waals surface area contributed by atoms with Crippen molar-refractivity contribution in [3.63, 3.8) is 0 Å². The number of nitrogens with two attached hydrogens (primary N) is 2. The minimum absolute atomic E-state index is 0.0746. The second-order valence-corrected chi connectivity index (χ2v) is 6.89. The van der Waals surface area contributed by atoms with Crippen molar-refractivity contribution in [2.75, 3.05) is 17.7 Å². The number of primary sulfonamides is 1. The quantitative estimate of drug-likeness (QED) is 0.807. The van der Waals surface area contributed by atoms with Crippen LogP contribution in [0.3, 0.4) is 0 Å². The SMILES string of the molecule is CC(C)CC(C)N(C)c1ccc(N)cc1S(N)(=O)=O. The van der Waals surface area contributed by atoms with Crippen LogP contribution in [0.2, 0.25) is 0 Å². The first-order chi connectivity index (χ1) is 8.62. The molecular formula is C13H23N3O2S. The van der Waals surface area contributed by atoms with Crippen LogP contribution in [0, 0.1) is 5.92 Å². The molecule has 1 unspecified atom stereocenters. The fourth-order valence-corrected chi connectivity index (χ4v) is 2.93. The number of hydrogen-bond donors (Lipinski definition) is 2.